The van der Waals surface area contributed by atoms with Crippen molar-refractivity contribution in [2.75, 3.05) is 13.1 Å². The number of hydrogen-bond acceptors (Lipinski definition) is 3. The molecule has 0 amide bonds. The molecule has 5 heteroatoms. The summed E-state index contributed by atoms with van der Waals surface area (Å²) in [5.41, 5.74) is 1.59. The monoisotopic (exact) mass is 340 g/mol. The predicted molar refractivity (Wildman–Crippen MR) is 90.0 cm³/mol. The smallest absolute Gasteiger partial charge is 0.191 e. The summed E-state index contributed by atoms with van der Waals surface area (Å²) in [6.45, 7) is 1.93. The second kappa shape index (κ2) is 6.45. The zero-order valence-electron chi connectivity index (χ0n) is 13.6. The topological polar surface area (TPSA) is 45.0 Å². The number of nitrogens with zero attached hydrogens (tertiary/aromatic N) is 1. The van der Waals surface area contributed by atoms with Crippen LogP contribution in [-0.4, -0.2) is 19.2 Å². The van der Waals surface area contributed by atoms with Gasteiger partial charge in [0.25, 0.3) is 0 Å². The standard InChI is InChI=1S/C20H18F2N2O/c21-18-7-14(13-3-1-12(9-23)2-4-13)8-19(22)20(18)25-17-5-15-10-24-11-16(15)6-17/h1-4,7-8,15-17,24H,5-6,10-11H2/t15-,16?,17?/m0/s1. The summed E-state index contributed by atoms with van der Waals surface area (Å²) >= 11 is 0. The van der Waals surface area contributed by atoms with Crippen molar-refractivity contribution < 1.29 is 13.5 Å². The van der Waals surface area contributed by atoms with E-state index in [0.717, 1.165) is 25.9 Å². The number of benzene rings is 2. The first kappa shape index (κ1) is 16.0. The molecule has 2 fully saturated rings. The number of nitriles is 1. The van der Waals surface area contributed by atoms with E-state index in [0.29, 0.717) is 28.5 Å². The van der Waals surface area contributed by atoms with E-state index in [1.807, 2.05) is 6.07 Å². The van der Waals surface area contributed by atoms with E-state index in [9.17, 15) is 8.78 Å². The van der Waals surface area contributed by atoms with Crippen LogP contribution in [0.15, 0.2) is 36.4 Å². The fourth-order valence-electron chi connectivity index (χ4n) is 3.95. The van der Waals surface area contributed by atoms with E-state index in [2.05, 4.69) is 5.32 Å². The molecule has 2 aliphatic rings. The van der Waals surface area contributed by atoms with Gasteiger partial charge in [0.1, 0.15) is 0 Å². The van der Waals surface area contributed by atoms with Gasteiger partial charge >= 0.3 is 0 Å². The van der Waals surface area contributed by atoms with E-state index >= 15 is 0 Å². The van der Waals surface area contributed by atoms with Crippen LogP contribution in [0.25, 0.3) is 11.1 Å². The van der Waals surface area contributed by atoms with Gasteiger partial charge in [0.05, 0.1) is 17.7 Å². The maximum absolute atomic E-state index is 14.5. The van der Waals surface area contributed by atoms with Crippen LogP contribution in [0.4, 0.5) is 8.78 Å². The minimum Gasteiger partial charge on any atom is -0.484 e. The number of fused-ring (bicyclic) bond motifs is 1. The van der Waals surface area contributed by atoms with Gasteiger partial charge in [-0.2, -0.15) is 5.26 Å². The van der Waals surface area contributed by atoms with Crippen molar-refractivity contribution in [1.29, 1.82) is 5.26 Å². The molecule has 0 bridgehead atoms. The van der Waals surface area contributed by atoms with Gasteiger partial charge in [-0.05, 0) is 73.2 Å². The second-order valence-corrected chi connectivity index (χ2v) is 6.85. The molecule has 4 rings (SSSR count). The van der Waals surface area contributed by atoms with Crippen molar-refractivity contribution >= 4 is 0 Å². The summed E-state index contributed by atoms with van der Waals surface area (Å²) in [6.07, 6.45) is 1.56. The lowest BCUT2D eigenvalue weighted by atomic mass is 10.0. The summed E-state index contributed by atoms with van der Waals surface area (Å²) < 4.78 is 34.6. The van der Waals surface area contributed by atoms with Crippen molar-refractivity contribution in [2.45, 2.75) is 18.9 Å². The van der Waals surface area contributed by atoms with Gasteiger partial charge in [-0.15, -0.1) is 0 Å². The van der Waals surface area contributed by atoms with Crippen LogP contribution < -0.4 is 10.1 Å². The molecule has 1 N–H and O–H groups in total. The summed E-state index contributed by atoms with van der Waals surface area (Å²) in [7, 11) is 0. The van der Waals surface area contributed by atoms with Crippen molar-refractivity contribution in [1.82, 2.24) is 5.32 Å². The minimum absolute atomic E-state index is 0.123. The van der Waals surface area contributed by atoms with Gasteiger partial charge in [-0.25, -0.2) is 8.78 Å². The quantitative estimate of drug-likeness (QED) is 0.922. The molecule has 3 atom stereocenters. The normalized spacial score (nSPS) is 24.8. The molecular formula is C20H18F2N2O. The average Bonchev–Trinajstić information content (AvgIpc) is 3.19. The van der Waals surface area contributed by atoms with Gasteiger partial charge in [0, 0.05) is 0 Å². The molecule has 0 radical (unpaired) electrons. The summed E-state index contributed by atoms with van der Waals surface area (Å²) in [4.78, 5) is 0. The SMILES string of the molecule is N#Cc1ccc(-c2cc(F)c(OC3CC4CNC[C@@H]4C3)c(F)c2)cc1. The molecule has 1 saturated carbocycles. The lowest BCUT2D eigenvalue weighted by Gasteiger charge is -2.16. The van der Waals surface area contributed by atoms with Gasteiger partial charge < -0.3 is 10.1 Å². The molecule has 1 heterocycles. The number of hydrogen-bond donors (Lipinski definition) is 1. The zero-order valence-corrected chi connectivity index (χ0v) is 13.6. The van der Waals surface area contributed by atoms with Gasteiger partial charge in [-0.1, -0.05) is 12.1 Å². The van der Waals surface area contributed by atoms with Crippen LogP contribution in [-0.2, 0) is 0 Å². The first-order valence-electron chi connectivity index (χ1n) is 8.51. The van der Waals surface area contributed by atoms with E-state index in [1.165, 1.54) is 12.1 Å². The van der Waals surface area contributed by atoms with Crippen LogP contribution in [0.1, 0.15) is 18.4 Å². The van der Waals surface area contributed by atoms with Crippen molar-refractivity contribution in [3.05, 3.63) is 53.6 Å². The molecule has 1 saturated heterocycles. The molecule has 1 aliphatic heterocycles. The molecule has 0 spiro atoms. The fraction of sp³-hybridized carbons (Fsp3) is 0.350. The average molecular weight is 340 g/mol. The minimum atomic E-state index is -0.686. The van der Waals surface area contributed by atoms with Crippen molar-refractivity contribution in [2.24, 2.45) is 11.8 Å². The number of nitrogens with one attached hydrogen (secondary N) is 1. The second-order valence-electron chi connectivity index (χ2n) is 6.85. The summed E-state index contributed by atoms with van der Waals surface area (Å²) in [5.74, 6) is -0.553. The Hall–Kier alpha value is -2.45. The first-order chi connectivity index (χ1) is 12.1. The van der Waals surface area contributed by atoms with Crippen LogP contribution in [0.3, 0.4) is 0 Å². The number of rotatable bonds is 3. The Balaban J connectivity index is 1.55. The summed E-state index contributed by atoms with van der Waals surface area (Å²) in [5, 5.41) is 12.2. The van der Waals surface area contributed by atoms with Crippen LogP contribution >= 0.6 is 0 Å². The van der Waals surface area contributed by atoms with Gasteiger partial charge in [0.15, 0.2) is 17.4 Å². The van der Waals surface area contributed by atoms with Crippen molar-refractivity contribution in [3.63, 3.8) is 0 Å². The molecule has 1 aliphatic carbocycles. The molecule has 2 unspecified atom stereocenters. The Kier molecular flexibility index (Phi) is 4.14. The maximum atomic E-state index is 14.5. The van der Waals surface area contributed by atoms with Gasteiger partial charge in [0.2, 0.25) is 0 Å². The molecule has 128 valence electrons. The van der Waals surface area contributed by atoms with E-state index < -0.39 is 11.6 Å². The Morgan fingerprint density at radius 1 is 0.960 bits per heavy atom. The van der Waals surface area contributed by atoms with E-state index in [1.54, 1.807) is 24.3 Å². The lowest BCUT2D eigenvalue weighted by Crippen LogP contribution is -2.19. The third kappa shape index (κ3) is 3.10. The highest BCUT2D eigenvalue weighted by Crippen LogP contribution is 2.38. The van der Waals surface area contributed by atoms with Gasteiger partial charge in [-0.3, -0.25) is 0 Å². The highest BCUT2D eigenvalue weighted by atomic mass is 19.1. The zero-order chi connectivity index (χ0) is 17.4. The summed E-state index contributed by atoms with van der Waals surface area (Å²) in [6, 6.07) is 11.2. The van der Waals surface area contributed by atoms with Crippen molar-refractivity contribution in [3.8, 4) is 22.9 Å². The van der Waals surface area contributed by atoms with Crippen LogP contribution in [0.2, 0.25) is 0 Å². The Morgan fingerprint density at radius 3 is 2.12 bits per heavy atom. The van der Waals surface area contributed by atoms with Crippen LogP contribution in [0.5, 0.6) is 5.75 Å². The third-order valence-corrected chi connectivity index (χ3v) is 5.24. The lowest BCUT2D eigenvalue weighted by molar-refractivity contribution is 0.182. The number of halogens is 2. The van der Waals surface area contributed by atoms with E-state index in [4.69, 9.17) is 10.00 Å². The highest BCUT2D eigenvalue weighted by molar-refractivity contribution is 5.65. The fourth-order valence-corrected chi connectivity index (χ4v) is 3.95. The van der Waals surface area contributed by atoms with E-state index in [-0.39, 0.29) is 11.9 Å². The molecule has 2 aromatic rings. The molecular weight excluding hydrogens is 322 g/mol. The largest absolute Gasteiger partial charge is 0.484 e. The molecule has 25 heavy (non-hydrogen) atoms. The molecule has 0 aromatic heterocycles. The van der Waals surface area contributed by atoms with Crippen LogP contribution in [0, 0.1) is 34.8 Å². The Labute approximate surface area is 145 Å². The Morgan fingerprint density at radius 2 is 1.56 bits per heavy atom. The third-order valence-electron chi connectivity index (χ3n) is 5.24. The molecule has 3 nitrogen and oxygen atoms in total. The Bertz CT molecular complexity index is 794. The number of ether oxygens (including phenoxy) is 1. The molecule has 2 aromatic carbocycles. The highest BCUT2D eigenvalue weighted by Gasteiger charge is 2.39. The predicted octanol–water partition coefficient (Wildman–Crippen LogP) is 3.88. The first-order valence-corrected chi connectivity index (χ1v) is 8.51. The maximum Gasteiger partial charge on any atom is 0.191 e.